The highest BCUT2D eigenvalue weighted by molar-refractivity contribution is 7.20. The van der Waals surface area contributed by atoms with Crippen LogP contribution in [-0.4, -0.2) is 35.1 Å². The Balaban J connectivity index is 1.60. The molecule has 3 heterocycles. The van der Waals surface area contributed by atoms with Gasteiger partial charge in [-0.25, -0.2) is 9.48 Å². The van der Waals surface area contributed by atoms with E-state index in [1.807, 2.05) is 48.0 Å². The number of para-hydroxylation sites is 1. The van der Waals surface area contributed by atoms with Crippen LogP contribution in [0.4, 0.5) is 0 Å². The van der Waals surface area contributed by atoms with Crippen LogP contribution in [0.15, 0.2) is 36.4 Å². The van der Waals surface area contributed by atoms with E-state index in [2.05, 4.69) is 5.10 Å². The Kier molecular flexibility index (Phi) is 4.08. The van der Waals surface area contributed by atoms with Crippen molar-refractivity contribution in [3.8, 4) is 5.69 Å². The second-order valence-corrected chi connectivity index (χ2v) is 6.93. The zero-order valence-electron chi connectivity index (χ0n) is 13.4. The Morgan fingerprint density at radius 3 is 3.00 bits per heavy atom. The van der Waals surface area contributed by atoms with Crippen LogP contribution in [0.25, 0.3) is 15.9 Å². The number of benzene rings is 1. The molecule has 3 aromatic rings. The van der Waals surface area contributed by atoms with E-state index in [0.717, 1.165) is 41.0 Å². The summed E-state index contributed by atoms with van der Waals surface area (Å²) < 4.78 is 12.8. The van der Waals surface area contributed by atoms with Crippen LogP contribution < -0.4 is 0 Å². The molecule has 1 saturated heterocycles. The molecule has 0 saturated carbocycles. The molecule has 1 aliphatic rings. The minimum Gasteiger partial charge on any atom is -0.459 e. The zero-order valence-corrected chi connectivity index (χ0v) is 14.2. The fourth-order valence-corrected chi connectivity index (χ4v) is 3.98. The summed E-state index contributed by atoms with van der Waals surface area (Å²) in [7, 11) is 0. The van der Waals surface area contributed by atoms with Gasteiger partial charge in [-0.3, -0.25) is 0 Å². The number of fused-ring (bicyclic) bond motifs is 1. The molecule has 0 aliphatic carbocycles. The average Bonchev–Trinajstić information content (AvgIpc) is 3.32. The largest absolute Gasteiger partial charge is 0.459 e. The number of carbonyl (C=O) groups excluding carboxylic acids is 1. The smallest absolute Gasteiger partial charge is 0.348 e. The van der Waals surface area contributed by atoms with Crippen LogP contribution >= 0.6 is 11.3 Å². The van der Waals surface area contributed by atoms with Crippen molar-refractivity contribution in [3.05, 3.63) is 47.0 Å². The molecule has 0 spiro atoms. The van der Waals surface area contributed by atoms with Gasteiger partial charge in [0.2, 0.25) is 0 Å². The number of aryl methyl sites for hydroxylation is 1. The maximum absolute atomic E-state index is 12.3. The van der Waals surface area contributed by atoms with Crippen molar-refractivity contribution in [3.63, 3.8) is 0 Å². The number of thiophene rings is 1. The predicted octanol–water partition coefficient (Wildman–Crippen LogP) is 3.73. The lowest BCUT2D eigenvalue weighted by Gasteiger charge is -2.09. The maximum Gasteiger partial charge on any atom is 0.348 e. The SMILES string of the molecule is Cc1nn(-c2ccccc2)c2sc(C(=O)OC[C@@H]3CCCO3)cc12. The lowest BCUT2D eigenvalue weighted by Crippen LogP contribution is -2.17. The van der Waals surface area contributed by atoms with Crippen LogP contribution in [0.3, 0.4) is 0 Å². The van der Waals surface area contributed by atoms with E-state index in [-0.39, 0.29) is 12.1 Å². The molecular weight excluding hydrogens is 324 g/mol. The van der Waals surface area contributed by atoms with Crippen molar-refractivity contribution < 1.29 is 14.3 Å². The van der Waals surface area contributed by atoms with E-state index in [1.165, 1.54) is 11.3 Å². The number of hydrogen-bond donors (Lipinski definition) is 0. The van der Waals surface area contributed by atoms with Gasteiger partial charge >= 0.3 is 5.97 Å². The summed E-state index contributed by atoms with van der Waals surface area (Å²) >= 11 is 1.42. The average molecular weight is 342 g/mol. The first-order valence-corrected chi connectivity index (χ1v) is 8.87. The molecule has 6 heteroatoms. The fourth-order valence-electron chi connectivity index (χ4n) is 2.91. The third-order valence-electron chi connectivity index (χ3n) is 4.17. The number of esters is 1. The quantitative estimate of drug-likeness (QED) is 0.678. The van der Waals surface area contributed by atoms with E-state index < -0.39 is 0 Å². The summed E-state index contributed by atoms with van der Waals surface area (Å²) in [4.78, 5) is 13.9. The molecule has 2 aromatic heterocycles. The van der Waals surface area contributed by atoms with Crippen molar-refractivity contribution in [2.24, 2.45) is 0 Å². The molecule has 0 bridgehead atoms. The van der Waals surface area contributed by atoms with Gasteiger partial charge in [0.05, 0.1) is 17.5 Å². The van der Waals surface area contributed by atoms with E-state index in [4.69, 9.17) is 9.47 Å². The third kappa shape index (κ3) is 2.83. The summed E-state index contributed by atoms with van der Waals surface area (Å²) in [6.45, 7) is 3.05. The lowest BCUT2D eigenvalue weighted by atomic mass is 10.2. The van der Waals surface area contributed by atoms with E-state index >= 15 is 0 Å². The van der Waals surface area contributed by atoms with Crippen molar-refractivity contribution in [2.75, 3.05) is 13.2 Å². The Labute approximate surface area is 143 Å². The summed E-state index contributed by atoms with van der Waals surface area (Å²) in [6.07, 6.45) is 2.05. The lowest BCUT2D eigenvalue weighted by molar-refractivity contribution is 0.0165. The molecule has 1 fully saturated rings. The summed E-state index contributed by atoms with van der Waals surface area (Å²) in [5, 5.41) is 5.58. The summed E-state index contributed by atoms with van der Waals surface area (Å²) in [5.41, 5.74) is 1.89. The maximum atomic E-state index is 12.3. The van der Waals surface area contributed by atoms with Crippen LogP contribution in [0.1, 0.15) is 28.2 Å². The second kappa shape index (κ2) is 6.37. The van der Waals surface area contributed by atoms with Gasteiger partial charge < -0.3 is 9.47 Å². The highest BCUT2D eigenvalue weighted by atomic mass is 32.1. The highest BCUT2D eigenvalue weighted by Crippen LogP contribution is 2.30. The molecule has 4 rings (SSSR count). The van der Waals surface area contributed by atoms with E-state index in [0.29, 0.717) is 11.5 Å². The highest BCUT2D eigenvalue weighted by Gasteiger charge is 2.21. The topological polar surface area (TPSA) is 53.4 Å². The van der Waals surface area contributed by atoms with Gasteiger partial charge in [-0.1, -0.05) is 18.2 Å². The van der Waals surface area contributed by atoms with Gasteiger partial charge in [-0.2, -0.15) is 5.10 Å². The predicted molar refractivity (Wildman–Crippen MR) is 92.9 cm³/mol. The Morgan fingerprint density at radius 1 is 1.42 bits per heavy atom. The van der Waals surface area contributed by atoms with Gasteiger partial charge in [0, 0.05) is 12.0 Å². The number of nitrogens with zero attached hydrogens (tertiary/aromatic N) is 2. The molecule has 1 aliphatic heterocycles. The molecule has 1 atom stereocenters. The number of hydrogen-bond acceptors (Lipinski definition) is 5. The summed E-state index contributed by atoms with van der Waals surface area (Å²) in [5.74, 6) is -0.286. The second-order valence-electron chi connectivity index (χ2n) is 5.90. The first-order chi connectivity index (χ1) is 11.7. The zero-order chi connectivity index (χ0) is 16.5. The minimum absolute atomic E-state index is 0.0462. The van der Waals surface area contributed by atoms with Gasteiger partial charge in [0.1, 0.15) is 16.3 Å². The molecule has 24 heavy (non-hydrogen) atoms. The Hall–Kier alpha value is -2.18. The first-order valence-electron chi connectivity index (χ1n) is 8.05. The van der Waals surface area contributed by atoms with Crippen molar-refractivity contribution >= 4 is 27.5 Å². The fraction of sp³-hybridized carbons (Fsp3) is 0.333. The molecule has 1 aromatic carbocycles. The third-order valence-corrected chi connectivity index (χ3v) is 5.26. The van der Waals surface area contributed by atoms with Crippen molar-refractivity contribution in [1.82, 2.24) is 9.78 Å². The number of rotatable bonds is 4. The van der Waals surface area contributed by atoms with Gasteiger partial charge in [-0.15, -0.1) is 11.3 Å². The van der Waals surface area contributed by atoms with Crippen molar-refractivity contribution in [2.45, 2.75) is 25.9 Å². The van der Waals surface area contributed by atoms with Crippen LogP contribution in [0.2, 0.25) is 0 Å². The normalized spacial score (nSPS) is 17.5. The monoisotopic (exact) mass is 342 g/mol. The van der Waals surface area contributed by atoms with Crippen LogP contribution in [0, 0.1) is 6.92 Å². The molecule has 124 valence electrons. The minimum atomic E-state index is -0.286. The standard InChI is InChI=1S/C18H18N2O3S/c1-12-15-10-16(18(21)23-11-14-8-5-9-22-14)24-17(15)20(19-12)13-6-3-2-4-7-13/h2-4,6-7,10,14H,5,8-9,11H2,1H3/t14-/m0/s1. The van der Waals surface area contributed by atoms with Gasteiger partial charge in [-0.05, 0) is 38.0 Å². The number of ether oxygens (including phenoxy) is 2. The molecule has 5 nitrogen and oxygen atoms in total. The molecule has 0 amide bonds. The van der Waals surface area contributed by atoms with Crippen molar-refractivity contribution in [1.29, 1.82) is 0 Å². The van der Waals surface area contributed by atoms with Crippen LogP contribution in [0.5, 0.6) is 0 Å². The van der Waals surface area contributed by atoms with E-state index in [1.54, 1.807) is 0 Å². The van der Waals surface area contributed by atoms with Crippen LogP contribution in [-0.2, 0) is 9.47 Å². The molecule has 0 N–H and O–H groups in total. The van der Waals surface area contributed by atoms with Gasteiger partial charge in [0.25, 0.3) is 0 Å². The number of carbonyl (C=O) groups is 1. The van der Waals surface area contributed by atoms with E-state index in [9.17, 15) is 4.79 Å². The molecular formula is C18H18N2O3S. The summed E-state index contributed by atoms with van der Waals surface area (Å²) in [6, 6.07) is 11.8. The van der Waals surface area contributed by atoms with Gasteiger partial charge in [0.15, 0.2) is 0 Å². The Bertz CT molecular complexity index is 863. The molecule has 0 radical (unpaired) electrons. The first kappa shape index (κ1) is 15.4. The number of aromatic nitrogens is 2. The Morgan fingerprint density at radius 2 is 2.25 bits per heavy atom. The molecule has 0 unspecified atom stereocenters.